The fourth-order valence-electron chi connectivity index (χ4n) is 4.65. The van der Waals surface area contributed by atoms with Crippen LogP contribution in [0.2, 0.25) is 0 Å². The lowest BCUT2D eigenvalue weighted by atomic mass is 10.0. The molecule has 1 fully saturated rings. The molecule has 4 aromatic carbocycles. The zero-order chi connectivity index (χ0) is 24.1. The van der Waals surface area contributed by atoms with E-state index in [0.717, 1.165) is 28.2 Å². The van der Waals surface area contributed by atoms with Crippen LogP contribution >= 0.6 is 7.29 Å². The van der Waals surface area contributed by atoms with Crippen molar-refractivity contribution in [2.24, 2.45) is 11.8 Å². The summed E-state index contributed by atoms with van der Waals surface area (Å²) in [5.41, 5.74) is 2.12. The molecule has 176 valence electrons. The van der Waals surface area contributed by atoms with Gasteiger partial charge < -0.3 is 5.32 Å². The van der Waals surface area contributed by atoms with Crippen molar-refractivity contribution >= 4 is 23.8 Å². The molecule has 5 rings (SSSR count). The van der Waals surface area contributed by atoms with Gasteiger partial charge in [0.1, 0.15) is 0 Å². The molecule has 0 aliphatic heterocycles. The van der Waals surface area contributed by atoms with E-state index in [-0.39, 0.29) is 23.8 Å². The highest BCUT2D eigenvalue weighted by atomic mass is 31.2. The molecule has 1 aliphatic rings. The van der Waals surface area contributed by atoms with Gasteiger partial charge in [-0.05, 0) is 47.7 Å². The lowest BCUT2D eigenvalue weighted by molar-refractivity contribution is -0.122. The summed E-state index contributed by atoms with van der Waals surface area (Å²) in [6.07, 6.45) is 0.761. The maximum atomic E-state index is 14.7. The molecule has 5 heteroatoms. The predicted molar refractivity (Wildman–Crippen MR) is 142 cm³/mol. The van der Waals surface area contributed by atoms with E-state index in [9.17, 15) is 9.36 Å². The van der Waals surface area contributed by atoms with Crippen molar-refractivity contribution < 1.29 is 9.36 Å². The summed E-state index contributed by atoms with van der Waals surface area (Å²) in [6, 6.07) is 39.0. The van der Waals surface area contributed by atoms with Gasteiger partial charge in [0.25, 0.3) is 0 Å². The molecule has 4 aromatic rings. The molecule has 4 nitrogen and oxygen atoms in total. The highest BCUT2D eigenvalue weighted by molar-refractivity contribution is 7.76. The topological polar surface area (TPSA) is 58.2 Å². The minimum Gasteiger partial charge on any atom is -0.352 e. The SMILES string of the molecule is O=C(NCc1ccccc1)[C@H]1C[C@H]1[C@H](NP(=O)(c1ccccc1)c1ccccc1)c1ccccc1. The average molecular weight is 481 g/mol. The highest BCUT2D eigenvalue weighted by Gasteiger charge is 2.49. The maximum absolute atomic E-state index is 14.7. The molecule has 0 radical (unpaired) electrons. The molecule has 35 heavy (non-hydrogen) atoms. The molecule has 1 saturated carbocycles. The van der Waals surface area contributed by atoms with Gasteiger partial charge >= 0.3 is 0 Å². The van der Waals surface area contributed by atoms with Crippen LogP contribution in [0.1, 0.15) is 23.6 Å². The van der Waals surface area contributed by atoms with E-state index in [1.54, 1.807) is 0 Å². The summed E-state index contributed by atoms with van der Waals surface area (Å²) >= 11 is 0. The summed E-state index contributed by atoms with van der Waals surface area (Å²) in [7, 11) is -3.16. The molecule has 0 spiro atoms. The third kappa shape index (κ3) is 5.30. The van der Waals surface area contributed by atoms with Crippen molar-refractivity contribution in [2.45, 2.75) is 19.0 Å². The van der Waals surface area contributed by atoms with Crippen molar-refractivity contribution in [3.05, 3.63) is 132 Å². The van der Waals surface area contributed by atoms with Gasteiger partial charge in [-0.2, -0.15) is 0 Å². The standard InChI is InChI=1S/C30H29N2O2P/c33-30(31-22-23-13-5-1-6-14-23)28-21-27(28)29(24-15-7-2-8-16-24)32-35(34,25-17-9-3-10-18-25)26-19-11-4-12-20-26/h1-20,27-29H,21-22H2,(H,31,33)(H,32,34)/t27-,28+,29-/m1/s1. The first-order valence-corrected chi connectivity index (χ1v) is 13.7. The highest BCUT2D eigenvalue weighted by Crippen LogP contribution is 2.52. The molecule has 0 unspecified atom stereocenters. The number of carbonyl (C=O) groups excluding carboxylic acids is 1. The van der Waals surface area contributed by atoms with E-state index in [4.69, 9.17) is 0 Å². The van der Waals surface area contributed by atoms with Gasteiger partial charge in [0.05, 0.1) is 0 Å². The van der Waals surface area contributed by atoms with Gasteiger partial charge in [-0.1, -0.05) is 97.1 Å². The number of benzene rings is 4. The van der Waals surface area contributed by atoms with Crippen molar-refractivity contribution in [3.63, 3.8) is 0 Å². The second-order valence-electron chi connectivity index (χ2n) is 9.01. The molecule has 3 atom stereocenters. The lowest BCUT2D eigenvalue weighted by Crippen LogP contribution is -2.33. The molecular weight excluding hydrogens is 451 g/mol. The summed E-state index contributed by atoms with van der Waals surface area (Å²) in [5, 5.41) is 8.19. The Kier molecular flexibility index (Phi) is 6.94. The monoisotopic (exact) mass is 480 g/mol. The molecule has 1 amide bonds. The van der Waals surface area contributed by atoms with Gasteiger partial charge in [-0.25, -0.2) is 0 Å². The summed E-state index contributed by atoms with van der Waals surface area (Å²) in [6.45, 7) is 0.513. The summed E-state index contributed by atoms with van der Waals surface area (Å²) < 4.78 is 14.7. The van der Waals surface area contributed by atoms with E-state index in [1.165, 1.54) is 0 Å². The van der Waals surface area contributed by atoms with Gasteiger partial charge in [0.2, 0.25) is 13.2 Å². The second kappa shape index (κ2) is 10.4. The fraction of sp³-hybridized carbons (Fsp3) is 0.167. The summed E-state index contributed by atoms with van der Waals surface area (Å²) in [5.74, 6) is 0.00109. The number of nitrogens with one attached hydrogen (secondary N) is 2. The number of hydrogen-bond acceptors (Lipinski definition) is 2. The zero-order valence-corrected chi connectivity index (χ0v) is 20.4. The van der Waals surface area contributed by atoms with E-state index in [1.807, 2.05) is 109 Å². The molecule has 1 aliphatic carbocycles. The second-order valence-corrected chi connectivity index (χ2v) is 11.5. The van der Waals surface area contributed by atoms with Crippen LogP contribution in [0.25, 0.3) is 0 Å². The minimum atomic E-state index is -3.16. The van der Waals surface area contributed by atoms with E-state index < -0.39 is 7.29 Å². The zero-order valence-electron chi connectivity index (χ0n) is 19.5. The van der Waals surface area contributed by atoms with Crippen LogP contribution < -0.4 is 21.0 Å². The molecule has 0 bridgehead atoms. The smallest absolute Gasteiger partial charge is 0.223 e. The third-order valence-electron chi connectivity index (χ3n) is 6.63. The Balaban J connectivity index is 1.42. The average Bonchev–Trinajstić information content (AvgIpc) is 3.73. The molecule has 0 heterocycles. The van der Waals surface area contributed by atoms with E-state index in [2.05, 4.69) is 22.5 Å². The molecule has 0 saturated heterocycles. The Morgan fingerprint density at radius 1 is 0.743 bits per heavy atom. The van der Waals surface area contributed by atoms with Gasteiger partial charge in [-0.3, -0.25) is 14.4 Å². The minimum absolute atomic E-state index is 0.0517. The molecule has 2 N–H and O–H groups in total. The first kappa shape index (κ1) is 23.3. The Morgan fingerprint density at radius 2 is 1.23 bits per heavy atom. The molecular formula is C30H29N2O2P. The van der Waals surface area contributed by atoms with Crippen molar-refractivity contribution in [1.29, 1.82) is 0 Å². The lowest BCUT2D eigenvalue weighted by Gasteiger charge is -2.28. The van der Waals surface area contributed by atoms with Crippen LogP contribution in [-0.4, -0.2) is 5.91 Å². The number of amides is 1. The predicted octanol–water partition coefficient (Wildman–Crippen LogP) is 5.20. The Labute approximate surface area is 206 Å². The third-order valence-corrected chi connectivity index (χ3v) is 9.33. The summed E-state index contributed by atoms with van der Waals surface area (Å²) in [4.78, 5) is 13.0. The van der Waals surface area contributed by atoms with Gasteiger partial charge in [-0.15, -0.1) is 0 Å². The van der Waals surface area contributed by atoms with Crippen LogP contribution in [-0.2, 0) is 15.9 Å². The largest absolute Gasteiger partial charge is 0.352 e. The quantitative estimate of drug-likeness (QED) is 0.324. The number of hydrogen-bond donors (Lipinski definition) is 2. The number of rotatable bonds is 9. The Hall–Kier alpha value is -3.46. The van der Waals surface area contributed by atoms with Crippen molar-refractivity contribution in [2.75, 3.05) is 0 Å². The van der Waals surface area contributed by atoms with Crippen LogP contribution in [0.4, 0.5) is 0 Å². The first-order chi connectivity index (χ1) is 17.1. The Bertz CT molecular complexity index is 1250. The van der Waals surface area contributed by atoms with Crippen LogP contribution in [0.5, 0.6) is 0 Å². The van der Waals surface area contributed by atoms with Crippen LogP contribution in [0.15, 0.2) is 121 Å². The van der Waals surface area contributed by atoms with Gasteiger partial charge in [0.15, 0.2) is 0 Å². The fourth-order valence-corrected chi connectivity index (χ4v) is 7.16. The van der Waals surface area contributed by atoms with Crippen molar-refractivity contribution in [1.82, 2.24) is 10.4 Å². The molecule has 0 aromatic heterocycles. The van der Waals surface area contributed by atoms with Crippen LogP contribution in [0.3, 0.4) is 0 Å². The van der Waals surface area contributed by atoms with Crippen molar-refractivity contribution in [3.8, 4) is 0 Å². The normalized spacial score (nSPS) is 17.9. The van der Waals surface area contributed by atoms with E-state index >= 15 is 0 Å². The number of carbonyl (C=O) groups is 1. The van der Waals surface area contributed by atoms with Gasteiger partial charge in [0, 0.05) is 29.1 Å². The maximum Gasteiger partial charge on any atom is 0.223 e. The van der Waals surface area contributed by atoms with Crippen LogP contribution in [0, 0.1) is 11.8 Å². The first-order valence-electron chi connectivity index (χ1n) is 12.0. The Morgan fingerprint density at radius 3 is 1.77 bits per heavy atom. The van der Waals surface area contributed by atoms with E-state index in [0.29, 0.717) is 6.54 Å².